The lowest BCUT2D eigenvalue weighted by atomic mass is 9.67. The van der Waals surface area contributed by atoms with Gasteiger partial charge >= 0.3 is 0 Å². The van der Waals surface area contributed by atoms with Crippen LogP contribution in [0.1, 0.15) is 72.1 Å². The van der Waals surface area contributed by atoms with Gasteiger partial charge in [0, 0.05) is 12.5 Å². The van der Waals surface area contributed by atoms with E-state index in [1.165, 1.54) is 44.9 Å². The molecule has 20 heavy (non-hydrogen) atoms. The molecule has 0 aromatic rings. The van der Waals surface area contributed by atoms with Crippen LogP contribution in [0, 0.1) is 29.1 Å². The lowest BCUT2D eigenvalue weighted by Gasteiger charge is -2.39. The Morgan fingerprint density at radius 1 is 1.15 bits per heavy atom. The average molecular weight is 277 g/mol. The van der Waals surface area contributed by atoms with Crippen LogP contribution in [0.25, 0.3) is 0 Å². The van der Waals surface area contributed by atoms with E-state index in [1.54, 1.807) is 0 Å². The molecular formula is C18H31NO. The van der Waals surface area contributed by atoms with Crippen molar-refractivity contribution in [3.63, 3.8) is 0 Å². The summed E-state index contributed by atoms with van der Waals surface area (Å²) in [5.74, 6) is 3.34. The molecule has 3 aliphatic rings. The molecule has 0 saturated heterocycles. The number of nitrogens with one attached hydrogen (secondary N) is 1. The fourth-order valence-electron chi connectivity index (χ4n) is 4.74. The lowest BCUT2D eigenvalue weighted by Crippen LogP contribution is -2.40. The van der Waals surface area contributed by atoms with Crippen molar-refractivity contribution < 1.29 is 4.79 Å². The summed E-state index contributed by atoms with van der Waals surface area (Å²) in [7, 11) is 0. The normalized spacial score (nSPS) is 33.2. The van der Waals surface area contributed by atoms with E-state index in [0.29, 0.717) is 23.3 Å². The minimum Gasteiger partial charge on any atom is -0.353 e. The lowest BCUT2D eigenvalue weighted by molar-refractivity contribution is -0.123. The predicted molar refractivity (Wildman–Crippen MR) is 82.3 cm³/mol. The van der Waals surface area contributed by atoms with Gasteiger partial charge in [0.25, 0.3) is 0 Å². The third-order valence-corrected chi connectivity index (χ3v) is 5.54. The zero-order valence-electron chi connectivity index (χ0n) is 13.5. The standard InChI is InChI=1S/C18H31NO/c1-12-8-13(11-18(2,3)10-12)9-16(20)19-17(14-4-5-14)15-6-7-15/h12-15,17H,4-11H2,1-3H3,(H,19,20)/t12-,13+/m1/s1. The summed E-state index contributed by atoms with van der Waals surface area (Å²) in [6.07, 6.45) is 9.92. The van der Waals surface area contributed by atoms with E-state index in [-0.39, 0.29) is 0 Å². The summed E-state index contributed by atoms with van der Waals surface area (Å²) in [6, 6.07) is 0.525. The van der Waals surface area contributed by atoms with Gasteiger partial charge in [-0.1, -0.05) is 20.8 Å². The Hall–Kier alpha value is -0.530. The van der Waals surface area contributed by atoms with Gasteiger partial charge in [-0.3, -0.25) is 4.79 Å². The molecule has 2 atom stereocenters. The number of rotatable bonds is 5. The van der Waals surface area contributed by atoms with Crippen LogP contribution in [0.15, 0.2) is 0 Å². The summed E-state index contributed by atoms with van der Waals surface area (Å²) in [4.78, 5) is 12.4. The van der Waals surface area contributed by atoms with Gasteiger partial charge in [0.1, 0.15) is 0 Å². The summed E-state index contributed by atoms with van der Waals surface area (Å²) in [5, 5.41) is 3.39. The van der Waals surface area contributed by atoms with E-state index >= 15 is 0 Å². The molecule has 3 saturated carbocycles. The van der Waals surface area contributed by atoms with Crippen molar-refractivity contribution in [1.82, 2.24) is 5.32 Å². The molecule has 3 aliphatic carbocycles. The summed E-state index contributed by atoms with van der Waals surface area (Å²) < 4.78 is 0. The molecule has 0 unspecified atom stereocenters. The molecule has 0 heterocycles. The molecule has 0 radical (unpaired) electrons. The van der Waals surface area contributed by atoms with E-state index in [2.05, 4.69) is 26.1 Å². The first-order chi connectivity index (χ1) is 9.43. The van der Waals surface area contributed by atoms with Crippen LogP contribution in [0.2, 0.25) is 0 Å². The van der Waals surface area contributed by atoms with Crippen LogP contribution in [-0.4, -0.2) is 11.9 Å². The summed E-state index contributed by atoms with van der Waals surface area (Å²) in [6.45, 7) is 7.08. The highest BCUT2D eigenvalue weighted by molar-refractivity contribution is 5.76. The molecule has 1 N–H and O–H groups in total. The fraction of sp³-hybridized carbons (Fsp3) is 0.944. The van der Waals surface area contributed by atoms with Crippen molar-refractivity contribution in [3.05, 3.63) is 0 Å². The van der Waals surface area contributed by atoms with Crippen molar-refractivity contribution in [3.8, 4) is 0 Å². The molecular weight excluding hydrogens is 246 g/mol. The Balaban J connectivity index is 1.50. The molecule has 0 bridgehead atoms. The van der Waals surface area contributed by atoms with Gasteiger partial charge in [0.15, 0.2) is 0 Å². The van der Waals surface area contributed by atoms with E-state index in [0.717, 1.165) is 24.2 Å². The molecule has 3 rings (SSSR count). The fourth-order valence-corrected chi connectivity index (χ4v) is 4.74. The molecule has 1 amide bonds. The van der Waals surface area contributed by atoms with Gasteiger partial charge in [0.2, 0.25) is 5.91 Å². The summed E-state index contributed by atoms with van der Waals surface area (Å²) >= 11 is 0. The molecule has 2 heteroatoms. The first kappa shape index (κ1) is 14.4. The van der Waals surface area contributed by atoms with Crippen LogP contribution in [0.3, 0.4) is 0 Å². The van der Waals surface area contributed by atoms with Gasteiger partial charge in [-0.25, -0.2) is 0 Å². The summed E-state index contributed by atoms with van der Waals surface area (Å²) in [5.41, 5.74) is 0.426. The van der Waals surface area contributed by atoms with Crippen LogP contribution in [-0.2, 0) is 4.79 Å². The Morgan fingerprint density at radius 3 is 2.25 bits per heavy atom. The van der Waals surface area contributed by atoms with E-state index < -0.39 is 0 Å². The van der Waals surface area contributed by atoms with Crippen LogP contribution in [0.5, 0.6) is 0 Å². The van der Waals surface area contributed by atoms with Gasteiger partial charge in [-0.15, -0.1) is 0 Å². The van der Waals surface area contributed by atoms with E-state index in [1.807, 2.05) is 0 Å². The number of carbonyl (C=O) groups excluding carboxylic acids is 1. The molecule has 3 fully saturated rings. The maximum absolute atomic E-state index is 12.4. The molecule has 114 valence electrons. The first-order valence-electron chi connectivity index (χ1n) is 8.72. The van der Waals surface area contributed by atoms with E-state index in [4.69, 9.17) is 0 Å². The quantitative estimate of drug-likeness (QED) is 0.804. The van der Waals surface area contributed by atoms with Crippen LogP contribution < -0.4 is 5.32 Å². The number of carbonyl (C=O) groups is 1. The van der Waals surface area contributed by atoms with Gasteiger partial charge in [0.05, 0.1) is 0 Å². The monoisotopic (exact) mass is 277 g/mol. The Labute approximate surface area is 124 Å². The Kier molecular flexibility index (Phi) is 3.85. The first-order valence-corrected chi connectivity index (χ1v) is 8.72. The highest BCUT2D eigenvalue weighted by Crippen LogP contribution is 2.45. The molecule has 0 aromatic heterocycles. The minimum absolute atomic E-state index is 0.337. The topological polar surface area (TPSA) is 29.1 Å². The molecule has 0 spiro atoms. The van der Waals surface area contributed by atoms with Gasteiger partial charge in [-0.05, 0) is 74.0 Å². The van der Waals surface area contributed by atoms with Crippen LogP contribution >= 0.6 is 0 Å². The molecule has 0 aromatic carbocycles. The van der Waals surface area contributed by atoms with Gasteiger partial charge in [-0.2, -0.15) is 0 Å². The zero-order valence-corrected chi connectivity index (χ0v) is 13.5. The Bertz CT molecular complexity index is 356. The van der Waals surface area contributed by atoms with Gasteiger partial charge < -0.3 is 5.32 Å². The molecule has 0 aliphatic heterocycles. The van der Waals surface area contributed by atoms with Crippen LogP contribution in [0.4, 0.5) is 0 Å². The highest BCUT2D eigenvalue weighted by atomic mass is 16.1. The van der Waals surface area contributed by atoms with Crippen molar-refractivity contribution in [2.24, 2.45) is 29.1 Å². The number of hydrogen-bond acceptors (Lipinski definition) is 1. The number of amides is 1. The maximum Gasteiger partial charge on any atom is 0.220 e. The smallest absolute Gasteiger partial charge is 0.220 e. The third kappa shape index (κ3) is 3.77. The van der Waals surface area contributed by atoms with Crippen molar-refractivity contribution in [2.75, 3.05) is 0 Å². The highest BCUT2D eigenvalue weighted by Gasteiger charge is 2.42. The van der Waals surface area contributed by atoms with Crippen molar-refractivity contribution >= 4 is 5.91 Å². The average Bonchev–Trinajstić information content (AvgIpc) is 3.16. The predicted octanol–water partition coefficient (Wildman–Crippen LogP) is 4.14. The van der Waals surface area contributed by atoms with Crippen molar-refractivity contribution in [1.29, 1.82) is 0 Å². The Morgan fingerprint density at radius 2 is 1.75 bits per heavy atom. The third-order valence-electron chi connectivity index (χ3n) is 5.54. The van der Waals surface area contributed by atoms with Crippen molar-refractivity contribution in [2.45, 2.75) is 78.2 Å². The maximum atomic E-state index is 12.4. The second kappa shape index (κ2) is 5.35. The second-order valence-corrected chi connectivity index (χ2v) is 8.75. The SMILES string of the molecule is C[C@@H]1C[C@@H](CC(=O)NC(C2CC2)C2CC2)CC(C)(C)C1. The largest absolute Gasteiger partial charge is 0.353 e. The number of hydrogen-bond donors (Lipinski definition) is 1. The van der Waals surface area contributed by atoms with E-state index in [9.17, 15) is 4.79 Å². The molecule has 2 nitrogen and oxygen atoms in total. The zero-order chi connectivity index (χ0) is 14.3. The second-order valence-electron chi connectivity index (χ2n) is 8.75. The minimum atomic E-state index is 0.337.